The van der Waals surface area contributed by atoms with E-state index in [1.165, 1.54) is 12.3 Å². The number of aromatic carboxylic acids is 1. The first-order valence-corrected chi connectivity index (χ1v) is 11.0. The fourth-order valence-electron chi connectivity index (χ4n) is 3.52. The molecule has 1 aliphatic rings. The Bertz CT molecular complexity index is 1250. The molecule has 1 aromatic heterocycles. The summed E-state index contributed by atoms with van der Waals surface area (Å²) in [4.78, 5) is 27.2. The number of piperidine rings is 1. The summed E-state index contributed by atoms with van der Waals surface area (Å²) < 4.78 is 11.6. The quantitative estimate of drug-likeness (QED) is 0.399. The number of rotatable bonds is 7. The molecule has 0 atom stereocenters. The standard InChI is InChI=1S/C25H23N5O5/c26-15-16-13-18(3-6-23(16)35-20-7-10-27-11-8-20)30-25(33)29-17-1-4-19(5-2-17)34-21-9-12-28-22(14-21)24(31)32/h1-6,9,12-14,20,27H,7-8,10-11H2,(H,31,32)(H2,29,30,33). The summed E-state index contributed by atoms with van der Waals surface area (Å²) in [5.74, 6) is 0.149. The minimum atomic E-state index is -1.15. The molecule has 4 rings (SSSR count). The molecule has 1 fully saturated rings. The van der Waals surface area contributed by atoms with Crippen molar-refractivity contribution in [3.8, 4) is 23.3 Å². The molecule has 10 nitrogen and oxygen atoms in total. The van der Waals surface area contributed by atoms with Crippen molar-refractivity contribution in [2.75, 3.05) is 23.7 Å². The summed E-state index contributed by atoms with van der Waals surface area (Å²) >= 11 is 0. The molecule has 178 valence electrons. The van der Waals surface area contributed by atoms with Gasteiger partial charge < -0.3 is 30.5 Å². The van der Waals surface area contributed by atoms with Gasteiger partial charge in [0.15, 0.2) is 5.69 Å². The van der Waals surface area contributed by atoms with Gasteiger partial charge in [-0.3, -0.25) is 0 Å². The SMILES string of the molecule is N#Cc1cc(NC(=O)Nc2ccc(Oc3ccnc(C(=O)O)c3)cc2)ccc1OC1CCNCC1. The minimum Gasteiger partial charge on any atom is -0.489 e. The van der Waals surface area contributed by atoms with Crippen molar-refractivity contribution >= 4 is 23.4 Å². The predicted octanol–water partition coefficient (Wildman–Crippen LogP) is 4.22. The molecular weight excluding hydrogens is 450 g/mol. The zero-order chi connectivity index (χ0) is 24.6. The second kappa shape index (κ2) is 11.0. The van der Waals surface area contributed by atoms with Crippen molar-refractivity contribution in [2.45, 2.75) is 18.9 Å². The average Bonchev–Trinajstić information content (AvgIpc) is 2.87. The number of ether oxygens (including phenoxy) is 2. The number of nitrogens with one attached hydrogen (secondary N) is 3. The zero-order valence-corrected chi connectivity index (χ0v) is 18.7. The number of benzene rings is 2. The van der Waals surface area contributed by atoms with E-state index in [-0.39, 0.29) is 11.8 Å². The van der Waals surface area contributed by atoms with Gasteiger partial charge in [-0.2, -0.15) is 5.26 Å². The molecule has 10 heteroatoms. The maximum absolute atomic E-state index is 12.4. The monoisotopic (exact) mass is 473 g/mol. The van der Waals surface area contributed by atoms with Crippen LogP contribution >= 0.6 is 0 Å². The Kier molecular flexibility index (Phi) is 7.40. The number of carboxylic acid groups (broad SMARTS) is 1. The van der Waals surface area contributed by atoms with Gasteiger partial charge in [-0.15, -0.1) is 0 Å². The smallest absolute Gasteiger partial charge is 0.354 e. The van der Waals surface area contributed by atoms with Crippen LogP contribution in [0.4, 0.5) is 16.2 Å². The number of carbonyl (C=O) groups is 2. The number of hydrogen-bond acceptors (Lipinski definition) is 7. The van der Waals surface area contributed by atoms with Crippen molar-refractivity contribution in [3.05, 3.63) is 72.1 Å². The number of urea groups is 1. The van der Waals surface area contributed by atoms with E-state index in [9.17, 15) is 14.9 Å². The number of nitriles is 1. The highest BCUT2D eigenvalue weighted by Gasteiger charge is 2.17. The maximum atomic E-state index is 12.4. The zero-order valence-electron chi connectivity index (χ0n) is 18.7. The van der Waals surface area contributed by atoms with Crippen LogP contribution in [-0.4, -0.2) is 41.3 Å². The lowest BCUT2D eigenvalue weighted by Gasteiger charge is -2.24. The summed E-state index contributed by atoms with van der Waals surface area (Å²) in [5.41, 5.74) is 1.21. The van der Waals surface area contributed by atoms with Gasteiger partial charge in [0.25, 0.3) is 0 Å². The summed E-state index contributed by atoms with van der Waals surface area (Å²) in [6.45, 7) is 1.77. The van der Waals surface area contributed by atoms with Gasteiger partial charge in [-0.25, -0.2) is 14.6 Å². The Morgan fingerprint density at radius 3 is 2.43 bits per heavy atom. The van der Waals surface area contributed by atoms with Gasteiger partial charge in [-0.05, 0) is 74.5 Å². The summed E-state index contributed by atoms with van der Waals surface area (Å²) in [7, 11) is 0. The number of nitrogens with zero attached hydrogens (tertiary/aromatic N) is 2. The van der Waals surface area contributed by atoms with Crippen molar-refractivity contribution in [1.82, 2.24) is 10.3 Å². The van der Waals surface area contributed by atoms with Gasteiger partial charge in [-0.1, -0.05) is 0 Å². The van der Waals surface area contributed by atoms with Crippen LogP contribution in [0.3, 0.4) is 0 Å². The number of carbonyl (C=O) groups excluding carboxylic acids is 1. The van der Waals surface area contributed by atoms with Crippen molar-refractivity contribution in [1.29, 1.82) is 5.26 Å². The molecule has 1 saturated heterocycles. The lowest BCUT2D eigenvalue weighted by atomic mass is 10.1. The molecule has 0 unspecified atom stereocenters. The predicted molar refractivity (Wildman–Crippen MR) is 128 cm³/mol. The number of amides is 2. The van der Waals surface area contributed by atoms with E-state index in [2.05, 4.69) is 27.0 Å². The first-order valence-electron chi connectivity index (χ1n) is 11.0. The summed E-state index contributed by atoms with van der Waals surface area (Å²) in [6, 6.07) is 16.0. The van der Waals surface area contributed by atoms with Gasteiger partial charge in [0, 0.05) is 23.6 Å². The summed E-state index contributed by atoms with van der Waals surface area (Å²) in [6.07, 6.45) is 3.17. The number of hydrogen-bond donors (Lipinski definition) is 4. The van der Waals surface area contributed by atoms with Crippen LogP contribution in [0, 0.1) is 11.3 Å². The third-order valence-corrected chi connectivity index (χ3v) is 5.24. The topological polar surface area (TPSA) is 146 Å². The molecule has 0 spiro atoms. The molecule has 4 N–H and O–H groups in total. The van der Waals surface area contributed by atoms with E-state index in [1.54, 1.807) is 48.5 Å². The molecule has 0 saturated carbocycles. The van der Waals surface area contributed by atoms with Crippen molar-refractivity contribution in [3.63, 3.8) is 0 Å². The Labute approximate surface area is 201 Å². The summed E-state index contributed by atoms with van der Waals surface area (Å²) in [5, 5.41) is 27.2. The lowest BCUT2D eigenvalue weighted by Crippen LogP contribution is -2.34. The highest BCUT2D eigenvalue weighted by atomic mass is 16.5. The fraction of sp³-hybridized carbons (Fsp3) is 0.200. The highest BCUT2D eigenvalue weighted by Crippen LogP contribution is 2.26. The van der Waals surface area contributed by atoms with Crippen LogP contribution in [0.2, 0.25) is 0 Å². The fourth-order valence-corrected chi connectivity index (χ4v) is 3.52. The van der Waals surface area contributed by atoms with Crippen LogP contribution in [0.1, 0.15) is 28.9 Å². The van der Waals surface area contributed by atoms with Crippen LogP contribution in [0.15, 0.2) is 60.8 Å². The molecule has 3 aromatic rings. The number of carboxylic acids is 1. The average molecular weight is 473 g/mol. The van der Waals surface area contributed by atoms with Crippen LogP contribution in [0.5, 0.6) is 17.2 Å². The largest absolute Gasteiger partial charge is 0.489 e. The minimum absolute atomic E-state index is 0.0650. The van der Waals surface area contributed by atoms with E-state index in [0.717, 1.165) is 25.9 Å². The molecule has 0 aliphatic carbocycles. The number of aromatic nitrogens is 1. The number of pyridine rings is 1. The third kappa shape index (κ3) is 6.46. The first-order chi connectivity index (χ1) is 17.0. The van der Waals surface area contributed by atoms with Gasteiger partial charge in [0.2, 0.25) is 0 Å². The lowest BCUT2D eigenvalue weighted by molar-refractivity contribution is 0.0690. The number of anilines is 2. The molecule has 2 amide bonds. The Morgan fingerprint density at radius 2 is 1.71 bits per heavy atom. The van der Waals surface area contributed by atoms with E-state index in [4.69, 9.17) is 14.6 Å². The molecule has 0 bridgehead atoms. The first kappa shape index (κ1) is 23.5. The molecule has 2 aromatic carbocycles. The van der Waals surface area contributed by atoms with Crippen LogP contribution < -0.4 is 25.4 Å². The maximum Gasteiger partial charge on any atom is 0.354 e. The molecular formula is C25H23N5O5. The van der Waals surface area contributed by atoms with Gasteiger partial charge in [0.1, 0.15) is 29.4 Å². The van der Waals surface area contributed by atoms with E-state index < -0.39 is 12.0 Å². The molecule has 35 heavy (non-hydrogen) atoms. The van der Waals surface area contributed by atoms with E-state index in [0.29, 0.717) is 34.2 Å². The molecule has 1 aliphatic heterocycles. The van der Waals surface area contributed by atoms with Gasteiger partial charge >= 0.3 is 12.0 Å². The van der Waals surface area contributed by atoms with Crippen molar-refractivity contribution < 1.29 is 24.2 Å². The van der Waals surface area contributed by atoms with E-state index >= 15 is 0 Å². The molecule has 2 heterocycles. The van der Waals surface area contributed by atoms with Crippen LogP contribution in [0.25, 0.3) is 0 Å². The third-order valence-electron chi connectivity index (χ3n) is 5.24. The molecule has 0 radical (unpaired) electrons. The van der Waals surface area contributed by atoms with E-state index in [1.807, 2.05) is 0 Å². The second-order valence-corrected chi connectivity index (χ2v) is 7.78. The normalized spacial score (nSPS) is 13.3. The van der Waals surface area contributed by atoms with Crippen molar-refractivity contribution in [2.24, 2.45) is 0 Å². The second-order valence-electron chi connectivity index (χ2n) is 7.78. The van der Waals surface area contributed by atoms with Crippen LogP contribution in [-0.2, 0) is 0 Å². The highest BCUT2D eigenvalue weighted by molar-refractivity contribution is 5.99. The Balaban J connectivity index is 1.33. The van der Waals surface area contributed by atoms with Gasteiger partial charge in [0.05, 0.1) is 5.56 Å². The Morgan fingerprint density at radius 1 is 1.00 bits per heavy atom. The Hall–Kier alpha value is -4.62.